The van der Waals surface area contributed by atoms with E-state index in [1.807, 2.05) is 36.4 Å². The molecule has 4 rings (SSSR count). The number of nitrogens with two attached hydrogens (primary N) is 1. The first-order chi connectivity index (χ1) is 14.4. The molecule has 1 fully saturated rings. The molecule has 0 atom stereocenters. The van der Waals surface area contributed by atoms with Gasteiger partial charge in [-0.15, -0.1) is 10.2 Å². The van der Waals surface area contributed by atoms with Crippen LogP contribution in [0.25, 0.3) is 22.0 Å². The van der Waals surface area contributed by atoms with Gasteiger partial charge in [-0.3, -0.25) is 9.59 Å². The second-order valence-corrected chi connectivity index (χ2v) is 7.96. The Morgan fingerprint density at radius 1 is 1.10 bits per heavy atom. The van der Waals surface area contributed by atoms with E-state index >= 15 is 0 Å². The Hall–Kier alpha value is -3.48. The monoisotopic (exact) mass is 403 g/mol. The van der Waals surface area contributed by atoms with Crippen molar-refractivity contribution >= 4 is 28.4 Å². The number of hydrogen-bond acceptors (Lipinski definition) is 5. The first-order valence-corrected chi connectivity index (χ1v) is 10.1. The van der Waals surface area contributed by atoms with Crippen molar-refractivity contribution in [1.29, 1.82) is 0 Å². The quantitative estimate of drug-likeness (QED) is 0.630. The predicted molar refractivity (Wildman–Crippen MR) is 117 cm³/mol. The molecule has 1 aromatic heterocycles. The van der Waals surface area contributed by atoms with Crippen molar-refractivity contribution in [3.05, 3.63) is 53.7 Å². The van der Waals surface area contributed by atoms with Crippen LogP contribution in [0, 0.1) is 5.92 Å². The number of benzene rings is 2. The number of hydrogen-bond donors (Lipinski definition) is 2. The van der Waals surface area contributed by atoms with Crippen molar-refractivity contribution in [1.82, 2.24) is 15.1 Å². The summed E-state index contributed by atoms with van der Waals surface area (Å²) < 4.78 is 0. The maximum absolute atomic E-state index is 12.3. The largest absolute Gasteiger partial charge is 0.383 e. The fourth-order valence-corrected chi connectivity index (χ4v) is 3.54. The van der Waals surface area contributed by atoms with Crippen molar-refractivity contribution in [2.45, 2.75) is 19.3 Å². The summed E-state index contributed by atoms with van der Waals surface area (Å²) in [5.74, 6) is 0.127. The summed E-state index contributed by atoms with van der Waals surface area (Å²) in [6, 6.07) is 13.3. The average Bonchev–Trinajstić information content (AvgIpc) is 3.57. The lowest BCUT2D eigenvalue weighted by molar-refractivity contribution is 0.0827. The van der Waals surface area contributed by atoms with Crippen LogP contribution in [0.1, 0.15) is 40.1 Å². The Morgan fingerprint density at radius 3 is 2.57 bits per heavy atom. The van der Waals surface area contributed by atoms with Crippen molar-refractivity contribution in [3.63, 3.8) is 0 Å². The SMILES string of the molecule is CN(C)C(=O)c1cccc(-c2ccc3c(NCCC4CC4)c(C(N)=O)nnc3c2)c1. The maximum Gasteiger partial charge on any atom is 0.271 e. The molecule has 0 saturated heterocycles. The van der Waals surface area contributed by atoms with Gasteiger partial charge in [-0.05, 0) is 47.7 Å². The van der Waals surface area contributed by atoms with E-state index in [0.29, 0.717) is 16.8 Å². The molecule has 3 aromatic rings. The van der Waals surface area contributed by atoms with Gasteiger partial charge >= 0.3 is 0 Å². The molecule has 1 aliphatic rings. The number of primary amides is 1. The number of carbonyl (C=O) groups excluding carboxylic acids is 2. The number of nitrogens with one attached hydrogen (secondary N) is 1. The molecule has 1 heterocycles. The van der Waals surface area contributed by atoms with Gasteiger partial charge in [0.25, 0.3) is 11.8 Å². The minimum Gasteiger partial charge on any atom is -0.383 e. The lowest BCUT2D eigenvalue weighted by Crippen LogP contribution is -2.21. The first-order valence-electron chi connectivity index (χ1n) is 10.1. The van der Waals surface area contributed by atoms with Crippen LogP contribution in [0.2, 0.25) is 0 Å². The summed E-state index contributed by atoms with van der Waals surface area (Å²) in [6.45, 7) is 0.766. The Balaban J connectivity index is 1.70. The summed E-state index contributed by atoms with van der Waals surface area (Å²) in [4.78, 5) is 25.7. The summed E-state index contributed by atoms with van der Waals surface area (Å²) in [5, 5.41) is 12.5. The van der Waals surface area contributed by atoms with Crippen LogP contribution in [0.4, 0.5) is 5.69 Å². The molecular formula is C23H25N5O2. The van der Waals surface area contributed by atoms with E-state index in [1.165, 1.54) is 12.8 Å². The van der Waals surface area contributed by atoms with Gasteiger partial charge in [-0.2, -0.15) is 0 Å². The minimum absolute atomic E-state index is 0.0503. The van der Waals surface area contributed by atoms with Gasteiger partial charge in [0.15, 0.2) is 5.69 Å². The molecule has 1 aliphatic carbocycles. The van der Waals surface area contributed by atoms with Gasteiger partial charge in [0, 0.05) is 31.6 Å². The van der Waals surface area contributed by atoms with Crippen LogP contribution in [0.15, 0.2) is 42.5 Å². The van der Waals surface area contributed by atoms with Crippen molar-refractivity contribution in [2.24, 2.45) is 11.7 Å². The van der Waals surface area contributed by atoms with Crippen LogP contribution in [0.3, 0.4) is 0 Å². The molecule has 0 radical (unpaired) electrons. The van der Waals surface area contributed by atoms with Crippen LogP contribution in [-0.4, -0.2) is 47.6 Å². The van der Waals surface area contributed by atoms with Crippen LogP contribution in [0.5, 0.6) is 0 Å². The third-order valence-corrected chi connectivity index (χ3v) is 5.40. The van der Waals surface area contributed by atoms with Gasteiger partial charge in [0.2, 0.25) is 0 Å². The highest BCUT2D eigenvalue weighted by molar-refractivity contribution is 6.05. The Kier molecular flexibility index (Phi) is 5.35. The van der Waals surface area contributed by atoms with Gasteiger partial charge in [-0.1, -0.05) is 31.0 Å². The molecule has 2 amide bonds. The van der Waals surface area contributed by atoms with Crippen molar-refractivity contribution in [3.8, 4) is 11.1 Å². The molecule has 7 nitrogen and oxygen atoms in total. The number of rotatable bonds is 7. The smallest absolute Gasteiger partial charge is 0.271 e. The maximum atomic E-state index is 12.3. The summed E-state index contributed by atoms with van der Waals surface area (Å²) >= 11 is 0. The first kappa shape index (κ1) is 19.8. The molecule has 30 heavy (non-hydrogen) atoms. The topological polar surface area (TPSA) is 101 Å². The van der Waals surface area contributed by atoms with Gasteiger partial charge in [0.1, 0.15) is 0 Å². The van der Waals surface area contributed by atoms with E-state index in [0.717, 1.165) is 35.4 Å². The third-order valence-electron chi connectivity index (χ3n) is 5.40. The zero-order valence-corrected chi connectivity index (χ0v) is 17.2. The standard InChI is InChI=1S/C23H25N5O2/c1-28(2)23(30)17-5-3-4-15(12-17)16-8-9-18-19(13-16)26-27-21(22(24)29)20(18)25-11-10-14-6-7-14/h3-5,8-9,12-14H,6-7,10-11H2,1-2H3,(H2,24,29)(H,25,26). The molecule has 7 heteroatoms. The van der Waals surface area contributed by atoms with Crippen molar-refractivity contribution in [2.75, 3.05) is 26.0 Å². The fraction of sp³-hybridized carbons (Fsp3) is 0.304. The van der Waals surface area contributed by atoms with Gasteiger partial charge in [0.05, 0.1) is 11.2 Å². The molecule has 3 N–H and O–H groups in total. The van der Waals surface area contributed by atoms with E-state index < -0.39 is 5.91 Å². The number of nitrogens with zero attached hydrogens (tertiary/aromatic N) is 3. The molecule has 2 aromatic carbocycles. The fourth-order valence-electron chi connectivity index (χ4n) is 3.54. The van der Waals surface area contributed by atoms with Crippen molar-refractivity contribution < 1.29 is 9.59 Å². The Bertz CT molecular complexity index is 1120. The van der Waals surface area contributed by atoms with Gasteiger partial charge < -0.3 is 16.0 Å². The molecule has 0 bridgehead atoms. The molecule has 154 valence electrons. The lowest BCUT2D eigenvalue weighted by atomic mass is 10.0. The number of aromatic nitrogens is 2. The Labute approximate surface area is 175 Å². The number of fused-ring (bicyclic) bond motifs is 1. The molecular weight excluding hydrogens is 378 g/mol. The van der Waals surface area contributed by atoms with E-state index in [-0.39, 0.29) is 11.6 Å². The van der Waals surface area contributed by atoms with Crippen LogP contribution < -0.4 is 11.1 Å². The molecule has 1 saturated carbocycles. The third kappa shape index (κ3) is 4.10. The Morgan fingerprint density at radius 2 is 1.87 bits per heavy atom. The summed E-state index contributed by atoms with van der Waals surface area (Å²) in [6.07, 6.45) is 3.61. The summed E-state index contributed by atoms with van der Waals surface area (Å²) in [7, 11) is 3.46. The number of carbonyl (C=O) groups is 2. The zero-order chi connectivity index (χ0) is 21.3. The molecule has 0 spiro atoms. The normalized spacial score (nSPS) is 13.3. The lowest BCUT2D eigenvalue weighted by Gasteiger charge is -2.13. The second kappa shape index (κ2) is 8.10. The number of anilines is 1. The number of amides is 2. The van der Waals surface area contributed by atoms with E-state index in [4.69, 9.17) is 5.73 Å². The highest BCUT2D eigenvalue weighted by Crippen LogP contribution is 2.33. The second-order valence-electron chi connectivity index (χ2n) is 7.96. The van der Waals surface area contributed by atoms with Crippen LogP contribution >= 0.6 is 0 Å². The highest BCUT2D eigenvalue weighted by Gasteiger charge is 2.21. The van der Waals surface area contributed by atoms with Gasteiger partial charge in [-0.25, -0.2) is 0 Å². The minimum atomic E-state index is -0.600. The average molecular weight is 403 g/mol. The van der Waals surface area contributed by atoms with E-state index in [1.54, 1.807) is 25.1 Å². The summed E-state index contributed by atoms with van der Waals surface area (Å²) in [5.41, 5.74) is 9.43. The molecule has 0 aliphatic heterocycles. The van der Waals surface area contributed by atoms with E-state index in [2.05, 4.69) is 15.5 Å². The zero-order valence-electron chi connectivity index (χ0n) is 17.2. The highest BCUT2D eigenvalue weighted by atomic mass is 16.2. The van der Waals surface area contributed by atoms with Crippen LogP contribution in [-0.2, 0) is 0 Å². The predicted octanol–water partition coefficient (Wildman–Crippen LogP) is 3.31. The molecule has 0 unspecified atom stereocenters. The van der Waals surface area contributed by atoms with E-state index in [9.17, 15) is 9.59 Å².